The van der Waals surface area contributed by atoms with Gasteiger partial charge < -0.3 is 8.68 Å². The van der Waals surface area contributed by atoms with Crippen molar-refractivity contribution >= 4 is 25.8 Å². The van der Waals surface area contributed by atoms with Gasteiger partial charge in [0.25, 0.3) is 0 Å². The van der Waals surface area contributed by atoms with Crippen molar-refractivity contribution in [2.24, 2.45) is 0 Å². The number of hydrogen-bond acceptors (Lipinski definition) is 0. The van der Waals surface area contributed by atoms with E-state index in [0.29, 0.717) is 22.6 Å². The summed E-state index contributed by atoms with van der Waals surface area (Å²) in [6.07, 6.45) is 8.23. The summed E-state index contributed by atoms with van der Waals surface area (Å²) < 4.78 is 4.96. The summed E-state index contributed by atoms with van der Waals surface area (Å²) in [7, 11) is 4.09. The average molecular weight is 513 g/mol. The molecule has 2 nitrogen and oxygen atoms in total. The molecule has 2 aromatic rings. The summed E-state index contributed by atoms with van der Waals surface area (Å²) >= 11 is 1.82. The normalized spacial score (nSPS) is 12.0. The second-order valence-corrected chi connectivity index (χ2v) is 14.2. The van der Waals surface area contributed by atoms with Crippen LogP contribution < -0.4 is 0 Å². The van der Waals surface area contributed by atoms with E-state index in [2.05, 4.69) is 117 Å². The molecule has 0 saturated carbocycles. The first-order valence-electron chi connectivity index (χ1n) is 9.56. The molecule has 0 unspecified atom stereocenters. The molecule has 27 heavy (non-hydrogen) atoms. The summed E-state index contributed by atoms with van der Waals surface area (Å²) in [5, 5.41) is 0. The van der Waals surface area contributed by atoms with Crippen LogP contribution in [0.1, 0.15) is 66.8 Å². The maximum atomic E-state index is 4.57. The zero-order valence-corrected chi connectivity index (χ0v) is 22.1. The fourth-order valence-electron chi connectivity index (χ4n) is 3.66. The minimum absolute atomic E-state index is 0.239. The summed E-state index contributed by atoms with van der Waals surface area (Å²) in [5.74, 6) is 0. The van der Waals surface area contributed by atoms with Crippen LogP contribution in [0.3, 0.4) is 0 Å². The molecule has 2 heterocycles. The second kappa shape index (κ2) is 12.1. The summed E-state index contributed by atoms with van der Waals surface area (Å²) in [6.45, 7) is 18.7. The summed E-state index contributed by atoms with van der Waals surface area (Å²) in [4.78, 5) is 0. The molecule has 0 amide bonds. The molecule has 0 aliphatic heterocycles. The van der Waals surface area contributed by atoms with Crippen LogP contribution in [0.4, 0.5) is 0 Å². The van der Waals surface area contributed by atoms with Crippen molar-refractivity contribution in [3.63, 3.8) is 0 Å². The van der Waals surface area contributed by atoms with Gasteiger partial charge >= 0.3 is 27.0 Å². The first-order chi connectivity index (χ1) is 12.7. The topological polar surface area (TPSA) is 9.86 Å². The fraction of sp³-hybridized carbons (Fsp3) is 0.571. The van der Waals surface area contributed by atoms with Crippen LogP contribution in [-0.4, -0.2) is 31.3 Å². The zero-order chi connectivity index (χ0) is 20.7. The first kappa shape index (κ1) is 25.4. The van der Waals surface area contributed by atoms with Crippen LogP contribution >= 0.6 is 25.8 Å². The third-order valence-corrected chi connectivity index (χ3v) is 10.3. The van der Waals surface area contributed by atoms with Gasteiger partial charge in [-0.15, -0.1) is 0 Å². The van der Waals surface area contributed by atoms with Gasteiger partial charge in [0.15, 0.2) is 0 Å². The van der Waals surface area contributed by atoms with Crippen molar-refractivity contribution in [2.45, 2.75) is 78.0 Å². The molecule has 0 spiro atoms. The molecule has 0 saturated heterocycles. The van der Waals surface area contributed by atoms with E-state index in [0.717, 1.165) is 0 Å². The summed E-state index contributed by atoms with van der Waals surface area (Å²) in [5.41, 5.74) is 5.10. The summed E-state index contributed by atoms with van der Waals surface area (Å²) in [6, 6.07) is 8.77. The van der Waals surface area contributed by atoms with Crippen LogP contribution in [0, 0.1) is 6.42 Å². The van der Waals surface area contributed by atoms with Gasteiger partial charge in [-0.1, -0.05) is 55.4 Å². The van der Waals surface area contributed by atoms with E-state index < -0.39 is 0 Å². The Hall–Kier alpha value is 0.333. The van der Waals surface area contributed by atoms with Crippen molar-refractivity contribution in [1.82, 2.24) is 8.68 Å². The van der Waals surface area contributed by atoms with E-state index in [4.69, 9.17) is 0 Å². The molecule has 2 rings (SSSR count). The van der Waals surface area contributed by atoms with E-state index in [-0.39, 0.29) is 16.1 Å². The Morgan fingerprint density at radius 1 is 0.704 bits per heavy atom. The molecule has 2 aromatic heterocycles. The van der Waals surface area contributed by atoms with E-state index >= 15 is 0 Å². The Balaban J connectivity index is 0.00000176. The van der Waals surface area contributed by atoms with Crippen LogP contribution in [0.2, 0.25) is 0 Å². The molecular weight excluding hydrogens is 479 g/mol. The van der Waals surface area contributed by atoms with E-state index in [1.165, 1.54) is 11.4 Å². The maximum absolute atomic E-state index is 4.57. The number of rotatable bonds is 8. The van der Waals surface area contributed by atoms with Crippen molar-refractivity contribution in [3.8, 4) is 0 Å². The monoisotopic (exact) mass is 513 g/mol. The Morgan fingerprint density at radius 2 is 1.00 bits per heavy atom. The Morgan fingerprint density at radius 3 is 1.26 bits per heavy atom. The van der Waals surface area contributed by atoms with Gasteiger partial charge in [0.2, 0.25) is 0 Å². The SMILES string of the molecule is CC(C)P(C(C)C)n1cccc1[C]c1cccn1P(C(C)C)C(C)C.[Cl][Ru]. The first-order valence-corrected chi connectivity index (χ1v) is 14.7. The van der Waals surface area contributed by atoms with Crippen LogP contribution in [0.5, 0.6) is 0 Å². The number of aromatic nitrogens is 2. The molecule has 0 aliphatic rings. The van der Waals surface area contributed by atoms with Gasteiger partial charge in [-0.05, 0) is 46.9 Å². The number of hydrogen-bond donors (Lipinski definition) is 0. The van der Waals surface area contributed by atoms with Crippen LogP contribution in [-0.2, 0) is 17.3 Å². The number of halogens is 1. The molecule has 0 aliphatic carbocycles. The molecule has 0 atom stereocenters. The molecular formula is C21H34ClN2P2Ru. The Kier molecular flexibility index (Phi) is 11.4. The molecule has 6 heteroatoms. The van der Waals surface area contributed by atoms with Crippen LogP contribution in [0.25, 0.3) is 0 Å². The Bertz CT molecular complexity index is 592. The van der Waals surface area contributed by atoms with Gasteiger partial charge in [0.05, 0.1) is 6.42 Å². The molecule has 2 radical (unpaired) electrons. The number of nitrogens with zero attached hydrogens (tertiary/aromatic N) is 2. The van der Waals surface area contributed by atoms with Crippen LogP contribution in [0.15, 0.2) is 36.7 Å². The Labute approximate surface area is 183 Å². The average Bonchev–Trinajstić information content (AvgIpc) is 3.19. The van der Waals surface area contributed by atoms with Crippen molar-refractivity contribution in [3.05, 3.63) is 54.5 Å². The van der Waals surface area contributed by atoms with Gasteiger partial charge in [0.1, 0.15) is 0 Å². The standard InChI is InChI=1S/C21H34N2P2.ClH.Ru/c1-16(2)24(17(3)4)22-13-9-11-20(22)15-21-12-10-14-23(21)25(18(5)6)19(7)8;;/h9-14,16-19H,1-8H3;1H;/q;;+1/p-1. The molecule has 153 valence electrons. The quantitative estimate of drug-likeness (QED) is 0.255. The minimum atomic E-state index is -0.239. The van der Waals surface area contributed by atoms with Gasteiger partial charge in [-0.3, -0.25) is 0 Å². The predicted molar refractivity (Wildman–Crippen MR) is 121 cm³/mol. The second-order valence-electron chi connectivity index (χ2n) is 7.74. The zero-order valence-electron chi connectivity index (χ0n) is 17.8. The molecule has 0 N–H and O–H groups in total. The van der Waals surface area contributed by atoms with Crippen molar-refractivity contribution < 1.29 is 17.3 Å². The molecule has 0 aromatic carbocycles. The molecule has 0 bridgehead atoms. The third-order valence-electron chi connectivity index (χ3n) is 4.33. The van der Waals surface area contributed by atoms with E-state index in [1.54, 1.807) is 0 Å². The fourth-order valence-corrected chi connectivity index (χ4v) is 9.23. The van der Waals surface area contributed by atoms with E-state index in [9.17, 15) is 0 Å². The van der Waals surface area contributed by atoms with E-state index in [1.807, 2.05) is 17.3 Å². The predicted octanol–water partition coefficient (Wildman–Crippen LogP) is 7.58. The van der Waals surface area contributed by atoms with Gasteiger partial charge in [-0.25, -0.2) is 0 Å². The van der Waals surface area contributed by atoms with Crippen molar-refractivity contribution in [2.75, 3.05) is 0 Å². The molecule has 0 fully saturated rings. The van der Waals surface area contributed by atoms with Gasteiger partial charge in [0, 0.05) is 39.9 Å². The van der Waals surface area contributed by atoms with Crippen molar-refractivity contribution in [1.29, 1.82) is 0 Å². The third kappa shape index (κ3) is 6.67. The van der Waals surface area contributed by atoms with Gasteiger partial charge in [-0.2, -0.15) is 0 Å².